The Morgan fingerprint density at radius 2 is 1.95 bits per heavy atom. The molecule has 4 N–H and O–H groups in total. The summed E-state index contributed by atoms with van der Waals surface area (Å²) in [7, 11) is 0. The highest BCUT2D eigenvalue weighted by Gasteiger charge is 2.51. The first kappa shape index (κ1) is 13.5. The lowest BCUT2D eigenvalue weighted by Crippen LogP contribution is -2.26. The zero-order valence-electron chi connectivity index (χ0n) is 10.8. The van der Waals surface area contributed by atoms with Crippen molar-refractivity contribution < 1.29 is 14.7 Å². The molecule has 0 saturated heterocycles. The molecule has 1 aromatic carbocycles. The van der Waals surface area contributed by atoms with E-state index in [0.717, 1.165) is 5.56 Å². The van der Waals surface area contributed by atoms with Gasteiger partial charge in [0.2, 0.25) is 5.91 Å². The van der Waals surface area contributed by atoms with Gasteiger partial charge in [0, 0.05) is 18.2 Å². The molecule has 1 aliphatic carbocycles. The number of nitrogens with one attached hydrogen (secondary N) is 1. The fraction of sp³-hybridized carbons (Fsp3) is 0.429. The third-order valence-electron chi connectivity index (χ3n) is 3.67. The van der Waals surface area contributed by atoms with Crippen LogP contribution in [0, 0.1) is 5.92 Å². The molecule has 1 aromatic rings. The number of carbonyl (C=O) groups excluding carboxylic acids is 1. The van der Waals surface area contributed by atoms with Gasteiger partial charge >= 0.3 is 5.97 Å². The molecular weight excluding hydrogens is 244 g/mol. The second-order valence-electron chi connectivity index (χ2n) is 5.09. The minimum atomic E-state index is -0.777. The molecule has 0 radical (unpaired) electrons. The van der Waals surface area contributed by atoms with Crippen LogP contribution in [0.5, 0.6) is 0 Å². The van der Waals surface area contributed by atoms with Gasteiger partial charge in [-0.1, -0.05) is 19.1 Å². The summed E-state index contributed by atoms with van der Waals surface area (Å²) in [5, 5.41) is 11.9. The monoisotopic (exact) mass is 262 g/mol. The van der Waals surface area contributed by atoms with E-state index in [1.54, 1.807) is 31.2 Å². The maximum Gasteiger partial charge on any atom is 0.314 e. The number of anilines is 1. The van der Waals surface area contributed by atoms with E-state index in [-0.39, 0.29) is 11.8 Å². The average Bonchev–Trinajstić information content (AvgIpc) is 3.20. The Morgan fingerprint density at radius 3 is 2.37 bits per heavy atom. The molecule has 1 atom stereocenters. The summed E-state index contributed by atoms with van der Waals surface area (Å²) >= 11 is 0. The molecule has 1 saturated carbocycles. The van der Waals surface area contributed by atoms with Crippen molar-refractivity contribution in [3.63, 3.8) is 0 Å². The molecule has 1 aliphatic rings. The van der Waals surface area contributed by atoms with Gasteiger partial charge in [-0.25, -0.2) is 0 Å². The number of rotatable bonds is 5. The summed E-state index contributed by atoms with van der Waals surface area (Å²) in [6, 6.07) is 7.01. The van der Waals surface area contributed by atoms with Gasteiger partial charge in [-0.2, -0.15) is 0 Å². The van der Waals surface area contributed by atoms with Crippen LogP contribution in [-0.2, 0) is 15.0 Å². The number of hydrogen-bond donors (Lipinski definition) is 3. The van der Waals surface area contributed by atoms with Crippen molar-refractivity contribution in [1.29, 1.82) is 0 Å². The third-order valence-corrected chi connectivity index (χ3v) is 3.67. The van der Waals surface area contributed by atoms with Gasteiger partial charge in [-0.15, -0.1) is 0 Å². The molecule has 0 aliphatic heterocycles. The van der Waals surface area contributed by atoms with Gasteiger partial charge in [0.15, 0.2) is 0 Å². The van der Waals surface area contributed by atoms with E-state index in [1.807, 2.05) is 0 Å². The van der Waals surface area contributed by atoms with Gasteiger partial charge in [0.05, 0.1) is 5.41 Å². The van der Waals surface area contributed by atoms with Gasteiger partial charge in [-0.05, 0) is 30.5 Å². The first-order valence-electron chi connectivity index (χ1n) is 6.34. The number of nitrogens with two attached hydrogens (primary N) is 1. The lowest BCUT2D eigenvalue weighted by molar-refractivity contribution is -0.140. The average molecular weight is 262 g/mol. The van der Waals surface area contributed by atoms with E-state index in [1.165, 1.54) is 0 Å². The fourth-order valence-electron chi connectivity index (χ4n) is 2.00. The topological polar surface area (TPSA) is 92.4 Å². The SMILES string of the molecule is CC(CN)C(=O)Nc1ccc(C2(C(=O)O)CC2)cc1. The zero-order chi connectivity index (χ0) is 14.0. The third kappa shape index (κ3) is 2.61. The second-order valence-corrected chi connectivity index (χ2v) is 5.09. The normalized spacial score (nSPS) is 17.6. The van der Waals surface area contributed by atoms with Crippen LogP contribution < -0.4 is 11.1 Å². The molecular formula is C14H18N2O3. The van der Waals surface area contributed by atoms with Crippen LogP contribution in [0.15, 0.2) is 24.3 Å². The van der Waals surface area contributed by atoms with E-state index in [9.17, 15) is 14.7 Å². The van der Waals surface area contributed by atoms with Crippen molar-refractivity contribution in [3.8, 4) is 0 Å². The second kappa shape index (κ2) is 5.01. The molecule has 2 rings (SSSR count). The maximum absolute atomic E-state index is 11.7. The zero-order valence-corrected chi connectivity index (χ0v) is 10.8. The van der Waals surface area contributed by atoms with Crippen molar-refractivity contribution in [2.45, 2.75) is 25.2 Å². The largest absolute Gasteiger partial charge is 0.481 e. The minimum Gasteiger partial charge on any atom is -0.481 e. The summed E-state index contributed by atoms with van der Waals surface area (Å²) in [6.07, 6.45) is 1.36. The Morgan fingerprint density at radius 1 is 1.37 bits per heavy atom. The summed E-state index contributed by atoms with van der Waals surface area (Å²) in [5.41, 5.74) is 6.18. The van der Waals surface area contributed by atoms with Gasteiger partial charge < -0.3 is 16.2 Å². The molecule has 1 unspecified atom stereocenters. The molecule has 5 nitrogen and oxygen atoms in total. The van der Waals surface area contributed by atoms with E-state index < -0.39 is 11.4 Å². The Kier molecular flexibility index (Phi) is 3.57. The van der Waals surface area contributed by atoms with Crippen molar-refractivity contribution in [3.05, 3.63) is 29.8 Å². The molecule has 102 valence electrons. The molecule has 19 heavy (non-hydrogen) atoms. The van der Waals surface area contributed by atoms with Crippen LogP contribution in [0.1, 0.15) is 25.3 Å². The van der Waals surface area contributed by atoms with Crippen molar-refractivity contribution >= 4 is 17.6 Å². The van der Waals surface area contributed by atoms with Crippen LogP contribution in [0.3, 0.4) is 0 Å². The number of amides is 1. The number of carboxylic acid groups (broad SMARTS) is 1. The molecule has 1 fully saturated rings. The lowest BCUT2D eigenvalue weighted by Gasteiger charge is -2.13. The number of carboxylic acids is 1. The predicted octanol–water partition coefficient (Wildman–Crippen LogP) is 1.34. The summed E-state index contributed by atoms with van der Waals surface area (Å²) < 4.78 is 0. The van der Waals surface area contributed by atoms with Crippen LogP contribution in [0.2, 0.25) is 0 Å². The quantitative estimate of drug-likeness (QED) is 0.746. The molecule has 1 amide bonds. The Labute approximate surface area is 111 Å². The van der Waals surface area contributed by atoms with Crippen molar-refractivity contribution in [2.75, 3.05) is 11.9 Å². The maximum atomic E-state index is 11.7. The molecule has 0 heterocycles. The van der Waals surface area contributed by atoms with E-state index in [2.05, 4.69) is 5.32 Å². The van der Waals surface area contributed by atoms with E-state index in [4.69, 9.17) is 5.73 Å². The minimum absolute atomic E-state index is 0.130. The van der Waals surface area contributed by atoms with Gasteiger partial charge in [-0.3, -0.25) is 9.59 Å². The highest BCUT2D eigenvalue weighted by molar-refractivity contribution is 5.92. The van der Waals surface area contributed by atoms with Crippen molar-refractivity contribution in [1.82, 2.24) is 0 Å². The smallest absolute Gasteiger partial charge is 0.314 e. The number of hydrogen-bond acceptors (Lipinski definition) is 3. The van der Waals surface area contributed by atoms with E-state index in [0.29, 0.717) is 25.1 Å². The van der Waals surface area contributed by atoms with Crippen LogP contribution in [-0.4, -0.2) is 23.5 Å². The first-order chi connectivity index (χ1) is 8.99. The Hall–Kier alpha value is -1.88. The lowest BCUT2D eigenvalue weighted by atomic mass is 9.96. The molecule has 0 spiro atoms. The summed E-state index contributed by atoms with van der Waals surface area (Å²) in [4.78, 5) is 22.9. The molecule has 0 bridgehead atoms. The fourth-order valence-corrected chi connectivity index (χ4v) is 2.00. The molecule has 0 aromatic heterocycles. The first-order valence-corrected chi connectivity index (χ1v) is 6.34. The van der Waals surface area contributed by atoms with Crippen molar-refractivity contribution in [2.24, 2.45) is 11.7 Å². The number of benzene rings is 1. The summed E-state index contributed by atoms with van der Waals surface area (Å²) in [5.74, 6) is -1.15. The highest BCUT2D eigenvalue weighted by atomic mass is 16.4. The standard InChI is InChI=1S/C14H18N2O3/c1-9(8-15)12(17)16-11-4-2-10(3-5-11)14(6-7-14)13(18)19/h2-5,9H,6-8,15H2,1H3,(H,16,17)(H,18,19). The predicted molar refractivity (Wildman–Crippen MR) is 71.8 cm³/mol. The van der Waals surface area contributed by atoms with Crippen LogP contribution in [0.25, 0.3) is 0 Å². The Bertz CT molecular complexity index is 492. The summed E-state index contributed by atoms with van der Waals surface area (Å²) in [6.45, 7) is 2.05. The molecule has 5 heteroatoms. The Balaban J connectivity index is 2.07. The van der Waals surface area contributed by atoms with Crippen LogP contribution in [0.4, 0.5) is 5.69 Å². The number of aliphatic carboxylic acids is 1. The van der Waals surface area contributed by atoms with Gasteiger partial charge in [0.25, 0.3) is 0 Å². The van der Waals surface area contributed by atoms with E-state index >= 15 is 0 Å². The van der Waals surface area contributed by atoms with Crippen LogP contribution >= 0.6 is 0 Å². The highest BCUT2D eigenvalue weighted by Crippen LogP contribution is 2.48. The van der Waals surface area contributed by atoms with Gasteiger partial charge in [0.1, 0.15) is 0 Å². The number of carbonyl (C=O) groups is 2.